The Bertz CT molecular complexity index is 709. The summed E-state index contributed by atoms with van der Waals surface area (Å²) in [6.45, 7) is 4.40. The number of anilines is 2. The number of aromatic amines is 1. The number of benzene rings is 1. The lowest BCUT2D eigenvalue weighted by Gasteiger charge is -2.32. The van der Waals surface area contributed by atoms with E-state index < -0.39 is 0 Å². The Labute approximate surface area is 128 Å². The molecule has 2 heterocycles. The van der Waals surface area contributed by atoms with Crippen molar-refractivity contribution in [1.29, 1.82) is 0 Å². The molecule has 0 saturated heterocycles. The lowest BCUT2D eigenvalue weighted by Crippen LogP contribution is -2.37. The van der Waals surface area contributed by atoms with Crippen LogP contribution in [0.15, 0.2) is 30.6 Å². The van der Waals surface area contributed by atoms with Crippen molar-refractivity contribution in [2.75, 3.05) is 16.8 Å². The van der Waals surface area contributed by atoms with E-state index in [1.165, 1.54) is 0 Å². The zero-order valence-corrected chi connectivity index (χ0v) is 12.6. The second-order valence-electron chi connectivity index (χ2n) is 5.72. The Balaban J connectivity index is 1.88. The van der Waals surface area contributed by atoms with E-state index in [0.717, 1.165) is 24.2 Å². The molecular weight excluding hydrogens is 280 g/mol. The van der Waals surface area contributed by atoms with Gasteiger partial charge in [0.2, 0.25) is 5.91 Å². The van der Waals surface area contributed by atoms with Crippen LogP contribution >= 0.6 is 0 Å². The van der Waals surface area contributed by atoms with Crippen LogP contribution in [0, 0.1) is 5.92 Å². The summed E-state index contributed by atoms with van der Waals surface area (Å²) in [5.74, 6) is 0.226. The predicted octanol–water partition coefficient (Wildman–Crippen LogP) is 2.21. The summed E-state index contributed by atoms with van der Waals surface area (Å²) in [5.41, 5.74) is 3.15. The predicted molar refractivity (Wildman–Crippen MR) is 83.9 cm³/mol. The molecule has 22 heavy (non-hydrogen) atoms. The van der Waals surface area contributed by atoms with Gasteiger partial charge < -0.3 is 10.2 Å². The van der Waals surface area contributed by atoms with Gasteiger partial charge in [0.1, 0.15) is 0 Å². The van der Waals surface area contributed by atoms with Gasteiger partial charge in [-0.25, -0.2) is 0 Å². The molecule has 2 aromatic rings. The molecule has 1 unspecified atom stereocenters. The first-order valence-corrected chi connectivity index (χ1v) is 7.25. The van der Waals surface area contributed by atoms with Gasteiger partial charge in [0.15, 0.2) is 0 Å². The quantitative estimate of drug-likeness (QED) is 0.892. The summed E-state index contributed by atoms with van der Waals surface area (Å²) < 4.78 is 0. The van der Waals surface area contributed by atoms with Crippen LogP contribution in [0.4, 0.5) is 11.4 Å². The Hall–Kier alpha value is -2.63. The summed E-state index contributed by atoms with van der Waals surface area (Å²) in [4.78, 5) is 25.8. The first kappa shape index (κ1) is 14.3. The topological polar surface area (TPSA) is 78.1 Å². The average molecular weight is 298 g/mol. The number of rotatable bonds is 2. The summed E-state index contributed by atoms with van der Waals surface area (Å²) in [6, 6.07) is 5.48. The van der Waals surface area contributed by atoms with Crippen molar-refractivity contribution >= 4 is 23.2 Å². The fraction of sp³-hybridized carbons (Fsp3) is 0.312. The van der Waals surface area contributed by atoms with Crippen LogP contribution in [0.3, 0.4) is 0 Å². The Morgan fingerprint density at radius 2 is 2.23 bits per heavy atom. The first-order valence-electron chi connectivity index (χ1n) is 7.25. The van der Waals surface area contributed by atoms with Gasteiger partial charge >= 0.3 is 0 Å². The maximum atomic E-state index is 12.3. The van der Waals surface area contributed by atoms with Crippen molar-refractivity contribution < 1.29 is 9.59 Å². The van der Waals surface area contributed by atoms with Crippen LogP contribution in [0.2, 0.25) is 0 Å². The minimum absolute atomic E-state index is 0.0309. The zero-order valence-electron chi connectivity index (χ0n) is 12.6. The molecule has 1 atom stereocenters. The van der Waals surface area contributed by atoms with E-state index in [4.69, 9.17) is 0 Å². The molecule has 1 aliphatic rings. The molecule has 1 aromatic carbocycles. The smallest absolute Gasteiger partial charge is 0.255 e. The summed E-state index contributed by atoms with van der Waals surface area (Å²) >= 11 is 0. The van der Waals surface area contributed by atoms with Crippen LogP contribution in [-0.2, 0) is 11.2 Å². The number of fused-ring (bicyclic) bond motifs is 1. The Kier molecular flexibility index (Phi) is 3.66. The highest BCUT2D eigenvalue weighted by molar-refractivity contribution is 6.05. The normalized spacial score (nSPS) is 17.0. The molecule has 114 valence electrons. The van der Waals surface area contributed by atoms with Gasteiger partial charge in [0, 0.05) is 30.9 Å². The minimum atomic E-state index is -0.184. The third kappa shape index (κ3) is 2.72. The summed E-state index contributed by atoms with van der Waals surface area (Å²) in [5, 5.41) is 9.22. The number of nitrogens with zero attached hydrogens (tertiary/aromatic N) is 2. The number of aromatic nitrogens is 2. The van der Waals surface area contributed by atoms with Gasteiger partial charge in [0.05, 0.1) is 11.9 Å². The molecule has 0 bridgehead atoms. The fourth-order valence-corrected chi connectivity index (χ4v) is 2.82. The average Bonchev–Trinajstić information content (AvgIpc) is 2.98. The second kappa shape index (κ2) is 5.63. The number of amides is 2. The minimum Gasteiger partial charge on any atom is -0.319 e. The first-order chi connectivity index (χ1) is 10.5. The SMILES string of the molecule is CC(=O)N1CC(C)Cc2cc(C(=O)Nc3cn[nH]c3)ccc21. The van der Waals surface area contributed by atoms with Crippen molar-refractivity contribution in [3.63, 3.8) is 0 Å². The molecule has 0 saturated carbocycles. The lowest BCUT2D eigenvalue weighted by molar-refractivity contribution is -0.116. The molecule has 2 amide bonds. The van der Waals surface area contributed by atoms with E-state index in [-0.39, 0.29) is 11.8 Å². The van der Waals surface area contributed by atoms with Gasteiger partial charge in [-0.2, -0.15) is 5.10 Å². The largest absolute Gasteiger partial charge is 0.319 e. The van der Waals surface area contributed by atoms with Gasteiger partial charge in [-0.3, -0.25) is 14.7 Å². The lowest BCUT2D eigenvalue weighted by atomic mass is 9.92. The van der Waals surface area contributed by atoms with E-state index in [0.29, 0.717) is 17.2 Å². The maximum Gasteiger partial charge on any atom is 0.255 e. The Morgan fingerprint density at radius 1 is 1.41 bits per heavy atom. The molecule has 0 spiro atoms. The molecule has 6 nitrogen and oxygen atoms in total. The molecule has 6 heteroatoms. The highest BCUT2D eigenvalue weighted by Crippen LogP contribution is 2.30. The molecule has 1 aromatic heterocycles. The van der Waals surface area contributed by atoms with Gasteiger partial charge in [-0.15, -0.1) is 0 Å². The number of hydrogen-bond acceptors (Lipinski definition) is 3. The fourth-order valence-electron chi connectivity index (χ4n) is 2.82. The van der Waals surface area contributed by atoms with Crippen molar-refractivity contribution in [2.24, 2.45) is 5.92 Å². The van der Waals surface area contributed by atoms with Crippen LogP contribution in [0.1, 0.15) is 29.8 Å². The zero-order chi connectivity index (χ0) is 15.7. The van der Waals surface area contributed by atoms with E-state index in [1.54, 1.807) is 30.3 Å². The van der Waals surface area contributed by atoms with Crippen LogP contribution < -0.4 is 10.2 Å². The third-order valence-electron chi connectivity index (χ3n) is 3.83. The number of hydrogen-bond donors (Lipinski definition) is 2. The highest BCUT2D eigenvalue weighted by atomic mass is 16.2. The Morgan fingerprint density at radius 3 is 2.91 bits per heavy atom. The van der Waals surface area contributed by atoms with E-state index in [9.17, 15) is 9.59 Å². The number of carbonyl (C=O) groups excluding carboxylic acids is 2. The number of H-pyrrole nitrogens is 1. The molecular formula is C16H18N4O2. The molecule has 1 aliphatic heterocycles. The van der Waals surface area contributed by atoms with Gasteiger partial charge in [-0.1, -0.05) is 6.92 Å². The van der Waals surface area contributed by atoms with Crippen molar-refractivity contribution in [1.82, 2.24) is 10.2 Å². The van der Waals surface area contributed by atoms with E-state index in [2.05, 4.69) is 22.4 Å². The standard InChI is InChI=1S/C16H18N4O2/c1-10-5-13-6-12(16(22)19-14-7-17-18-8-14)3-4-15(13)20(9-10)11(2)21/h3-4,6-8,10H,5,9H2,1-2H3,(H,17,18)(H,19,22). The molecule has 0 aliphatic carbocycles. The summed E-state index contributed by atoms with van der Waals surface area (Å²) in [6.07, 6.45) is 4.04. The van der Waals surface area contributed by atoms with Gasteiger partial charge in [0.25, 0.3) is 5.91 Å². The van der Waals surface area contributed by atoms with E-state index >= 15 is 0 Å². The van der Waals surface area contributed by atoms with E-state index in [1.807, 2.05) is 12.1 Å². The summed E-state index contributed by atoms with van der Waals surface area (Å²) in [7, 11) is 0. The second-order valence-corrected chi connectivity index (χ2v) is 5.72. The monoisotopic (exact) mass is 298 g/mol. The number of carbonyl (C=O) groups is 2. The maximum absolute atomic E-state index is 12.3. The van der Waals surface area contributed by atoms with Crippen LogP contribution in [0.25, 0.3) is 0 Å². The molecule has 0 fully saturated rings. The van der Waals surface area contributed by atoms with Crippen molar-refractivity contribution in [3.05, 3.63) is 41.7 Å². The van der Waals surface area contributed by atoms with Crippen molar-refractivity contribution in [2.45, 2.75) is 20.3 Å². The van der Waals surface area contributed by atoms with Crippen molar-refractivity contribution in [3.8, 4) is 0 Å². The molecule has 3 rings (SSSR count). The van der Waals surface area contributed by atoms with Gasteiger partial charge in [-0.05, 0) is 36.1 Å². The number of nitrogens with one attached hydrogen (secondary N) is 2. The molecule has 2 N–H and O–H groups in total. The third-order valence-corrected chi connectivity index (χ3v) is 3.83. The van der Waals surface area contributed by atoms with Crippen LogP contribution in [0.5, 0.6) is 0 Å². The van der Waals surface area contributed by atoms with Crippen LogP contribution in [-0.4, -0.2) is 28.6 Å². The highest BCUT2D eigenvalue weighted by Gasteiger charge is 2.25. The molecule has 0 radical (unpaired) electrons.